The molecule has 2 aromatic rings. The van der Waals surface area contributed by atoms with Crippen molar-refractivity contribution in [2.24, 2.45) is 0 Å². The van der Waals surface area contributed by atoms with Crippen LogP contribution in [-0.2, 0) is 29.1 Å². The molecule has 0 amide bonds. The Morgan fingerprint density at radius 1 is 1.23 bits per heavy atom. The molecule has 188 valence electrons. The number of nitro groups is 1. The molecule has 0 N–H and O–H groups in total. The maximum atomic E-state index is 13.4. The van der Waals surface area contributed by atoms with Gasteiger partial charge in [0.1, 0.15) is 23.0 Å². The number of nitro benzene ring substituents is 1. The molecule has 10 nitrogen and oxygen atoms in total. The molecule has 1 aliphatic rings. The van der Waals surface area contributed by atoms with Crippen molar-refractivity contribution in [1.82, 2.24) is 0 Å². The summed E-state index contributed by atoms with van der Waals surface area (Å²) >= 11 is 5.96. The van der Waals surface area contributed by atoms with Crippen LogP contribution in [0.4, 0.5) is 18.9 Å². The number of ether oxygens (including phenoxy) is 2. The molecule has 0 saturated carbocycles. The number of alkyl halides is 3. The Morgan fingerprint density at radius 3 is 2.37 bits per heavy atom. The van der Waals surface area contributed by atoms with E-state index >= 15 is 0 Å². The summed E-state index contributed by atoms with van der Waals surface area (Å²) in [5, 5.41) is 9.88. The summed E-state index contributed by atoms with van der Waals surface area (Å²) in [5.74, 6) is -2.28. The molecule has 0 aromatic heterocycles. The standard InChI is InChI=1S/C19H16ClF3NO9P2/c1-4-31-34(28)15-12(18(25)30-3)13(24(26)27)16-17(35(16,29)32-5-2)14(15)33-11-7-6-9(8-10(11)20)19(21,22)23/h6-8H,4-5H2,1-3H3/q+1. The number of hydrogen-bond acceptors (Lipinski definition) is 9. The van der Waals surface area contributed by atoms with Crippen molar-refractivity contribution in [2.45, 2.75) is 20.0 Å². The summed E-state index contributed by atoms with van der Waals surface area (Å²) in [7, 11) is -6.21. The van der Waals surface area contributed by atoms with E-state index in [1.807, 2.05) is 0 Å². The third kappa shape index (κ3) is 4.79. The first kappa shape index (κ1) is 27.0. The predicted molar refractivity (Wildman–Crippen MR) is 118 cm³/mol. The van der Waals surface area contributed by atoms with Crippen LogP contribution in [0.15, 0.2) is 18.2 Å². The molecule has 2 aromatic carbocycles. The SMILES string of the molecule is CCO[P+](=O)c1c(Oc2ccc(C(F)(F)F)cc2Cl)c2c(c([N+](=O)[O-])c1C(=O)OC)P2(=O)OCC. The number of methoxy groups -OCH3 is 1. The van der Waals surface area contributed by atoms with Crippen LogP contribution in [0.2, 0.25) is 5.02 Å². The van der Waals surface area contributed by atoms with Crippen LogP contribution in [-0.4, -0.2) is 31.2 Å². The molecule has 35 heavy (non-hydrogen) atoms. The van der Waals surface area contributed by atoms with E-state index in [2.05, 4.69) is 4.74 Å². The molecule has 1 aliphatic heterocycles. The lowest BCUT2D eigenvalue weighted by Crippen LogP contribution is -2.24. The molecule has 0 spiro atoms. The molecule has 0 radical (unpaired) electrons. The minimum Gasteiger partial charge on any atom is -0.465 e. The summed E-state index contributed by atoms with van der Waals surface area (Å²) in [4.78, 5) is 23.5. The summed E-state index contributed by atoms with van der Waals surface area (Å²) in [5.41, 5.74) is -2.89. The van der Waals surface area contributed by atoms with Crippen molar-refractivity contribution >= 4 is 54.6 Å². The third-order valence-electron chi connectivity index (χ3n) is 4.67. The van der Waals surface area contributed by atoms with Gasteiger partial charge in [0.05, 0.1) is 29.2 Å². The molecule has 3 rings (SSSR count). The molecule has 16 heteroatoms. The Labute approximate surface area is 201 Å². The van der Waals surface area contributed by atoms with Crippen molar-refractivity contribution in [2.75, 3.05) is 20.3 Å². The predicted octanol–water partition coefficient (Wildman–Crippen LogP) is 4.83. The highest BCUT2D eigenvalue weighted by molar-refractivity contribution is 7.86. The van der Waals surface area contributed by atoms with Gasteiger partial charge in [-0.05, 0) is 36.6 Å². The fourth-order valence-electron chi connectivity index (χ4n) is 3.27. The van der Waals surface area contributed by atoms with E-state index in [-0.39, 0.29) is 18.5 Å². The quantitative estimate of drug-likeness (QED) is 0.184. The summed E-state index contributed by atoms with van der Waals surface area (Å²) < 4.78 is 86.0. The van der Waals surface area contributed by atoms with Gasteiger partial charge in [-0.2, -0.15) is 13.2 Å². The average Bonchev–Trinajstić information content (AvgIpc) is 3.37. The van der Waals surface area contributed by atoms with E-state index in [9.17, 15) is 37.2 Å². The van der Waals surface area contributed by atoms with Gasteiger partial charge in [0.25, 0.3) is 12.7 Å². The number of esters is 1. The zero-order valence-electron chi connectivity index (χ0n) is 18.2. The smallest absolute Gasteiger partial charge is 0.465 e. The number of halogens is 4. The first-order valence-electron chi connectivity index (χ1n) is 9.70. The Kier molecular flexibility index (Phi) is 7.59. The van der Waals surface area contributed by atoms with E-state index in [4.69, 9.17) is 25.4 Å². The minimum absolute atomic E-state index is 0.162. The monoisotopic (exact) mass is 556 g/mol. The number of fused-ring (bicyclic) bond motifs is 1. The average molecular weight is 557 g/mol. The van der Waals surface area contributed by atoms with Crippen molar-refractivity contribution in [3.8, 4) is 11.5 Å². The van der Waals surface area contributed by atoms with Crippen LogP contribution in [0.1, 0.15) is 29.8 Å². The molecule has 2 unspecified atom stereocenters. The highest BCUT2D eigenvalue weighted by atomic mass is 35.5. The van der Waals surface area contributed by atoms with E-state index in [1.54, 1.807) is 0 Å². The third-order valence-corrected chi connectivity index (χ3v) is 8.69. The second-order valence-corrected chi connectivity index (χ2v) is 10.6. The van der Waals surface area contributed by atoms with Gasteiger partial charge in [-0.25, -0.2) is 4.79 Å². The fraction of sp³-hybridized carbons (Fsp3) is 0.316. The van der Waals surface area contributed by atoms with Gasteiger partial charge in [-0.15, -0.1) is 4.52 Å². The highest BCUT2D eigenvalue weighted by Crippen LogP contribution is 2.62. The Hall–Kier alpha value is -2.56. The molecule has 0 aliphatic carbocycles. The second-order valence-electron chi connectivity index (χ2n) is 6.74. The Morgan fingerprint density at radius 2 is 1.89 bits per heavy atom. The minimum atomic E-state index is -4.71. The van der Waals surface area contributed by atoms with Gasteiger partial charge >= 0.3 is 25.9 Å². The van der Waals surface area contributed by atoms with Crippen molar-refractivity contribution in [1.29, 1.82) is 0 Å². The van der Waals surface area contributed by atoms with Gasteiger partial charge in [0.15, 0.2) is 11.3 Å². The van der Waals surface area contributed by atoms with Crippen LogP contribution >= 0.6 is 27.0 Å². The van der Waals surface area contributed by atoms with Crippen LogP contribution in [0.25, 0.3) is 0 Å². The number of carbonyl (C=O) groups is 1. The van der Waals surface area contributed by atoms with Gasteiger partial charge in [-0.1, -0.05) is 11.6 Å². The largest absolute Gasteiger partial charge is 0.554 e. The van der Waals surface area contributed by atoms with Crippen molar-refractivity contribution < 1.29 is 50.5 Å². The van der Waals surface area contributed by atoms with Crippen LogP contribution in [0.5, 0.6) is 11.5 Å². The molecule has 0 saturated heterocycles. The summed E-state index contributed by atoms with van der Waals surface area (Å²) in [6.45, 7) is 2.58. The zero-order valence-corrected chi connectivity index (χ0v) is 20.7. The lowest BCUT2D eigenvalue weighted by Gasteiger charge is -2.12. The zero-order chi connectivity index (χ0) is 26.3. The van der Waals surface area contributed by atoms with E-state index in [0.717, 1.165) is 13.2 Å². The number of hydrogen-bond donors (Lipinski definition) is 0. The molecule has 0 fully saturated rings. The number of nitrogens with zero attached hydrogens (tertiary/aromatic N) is 1. The maximum absolute atomic E-state index is 13.4. The van der Waals surface area contributed by atoms with Gasteiger partial charge < -0.3 is 14.0 Å². The topological polar surface area (TPSA) is 131 Å². The van der Waals surface area contributed by atoms with Crippen LogP contribution in [0.3, 0.4) is 0 Å². The summed E-state index contributed by atoms with van der Waals surface area (Å²) in [6.07, 6.45) is -4.71. The number of carbonyl (C=O) groups excluding carboxylic acids is 1. The highest BCUT2D eigenvalue weighted by Gasteiger charge is 2.63. The molecular weight excluding hydrogens is 541 g/mol. The Balaban J connectivity index is 2.37. The summed E-state index contributed by atoms with van der Waals surface area (Å²) in [6, 6.07) is 2.06. The first-order valence-corrected chi connectivity index (χ1v) is 12.9. The maximum Gasteiger partial charge on any atom is 0.554 e. The number of benzene rings is 2. The lowest BCUT2D eigenvalue weighted by molar-refractivity contribution is -0.383. The fourth-order valence-corrected chi connectivity index (χ4v) is 7.05. The number of rotatable bonds is 9. The van der Waals surface area contributed by atoms with E-state index < -0.39 is 76.4 Å². The van der Waals surface area contributed by atoms with E-state index in [1.165, 1.54) is 13.8 Å². The van der Waals surface area contributed by atoms with Crippen LogP contribution < -0.4 is 20.7 Å². The normalized spacial score (nSPS) is 16.9. The molecular formula is C19H16ClF3NO9P2+. The molecule has 0 bridgehead atoms. The second kappa shape index (κ2) is 9.83. The van der Waals surface area contributed by atoms with Crippen molar-refractivity contribution in [3.05, 3.63) is 44.5 Å². The molecule has 1 heterocycles. The molecule has 2 atom stereocenters. The first-order chi connectivity index (χ1) is 16.3. The van der Waals surface area contributed by atoms with Gasteiger partial charge in [0.2, 0.25) is 0 Å². The van der Waals surface area contributed by atoms with Gasteiger partial charge in [-0.3, -0.25) is 14.7 Å². The lowest BCUT2D eigenvalue weighted by atomic mass is 10.1. The van der Waals surface area contributed by atoms with Crippen molar-refractivity contribution in [3.63, 3.8) is 0 Å². The van der Waals surface area contributed by atoms with E-state index in [0.29, 0.717) is 12.1 Å². The Bertz CT molecular complexity index is 1300. The van der Waals surface area contributed by atoms with Crippen LogP contribution in [0, 0.1) is 10.1 Å². The van der Waals surface area contributed by atoms with Gasteiger partial charge in [0, 0.05) is 0 Å².